The highest BCUT2D eigenvalue weighted by atomic mass is 32.2. The van der Waals surface area contributed by atoms with Gasteiger partial charge >= 0.3 is 16.3 Å². The summed E-state index contributed by atoms with van der Waals surface area (Å²) in [6.45, 7) is 0.317. The standard InChI is InChI=1S/C11H14N2O4S/c14-11(15)13-9-5-4-8-12(18(13,16)17)10-6-2-1-3-7-10/h1-3,6-7H,4-5,8-9H2,(H,14,15). The Kier molecular flexibility index (Phi) is 3.42. The minimum atomic E-state index is -3.99. The van der Waals surface area contributed by atoms with Crippen LogP contribution in [0.15, 0.2) is 30.3 Å². The molecule has 0 aromatic heterocycles. The number of anilines is 1. The van der Waals surface area contributed by atoms with Crippen molar-refractivity contribution in [2.45, 2.75) is 12.8 Å². The summed E-state index contributed by atoms with van der Waals surface area (Å²) < 4.78 is 26.1. The zero-order valence-electron chi connectivity index (χ0n) is 9.69. The van der Waals surface area contributed by atoms with Crippen molar-refractivity contribution in [2.24, 2.45) is 0 Å². The normalized spacial score (nSPS) is 19.3. The molecule has 1 fully saturated rings. The van der Waals surface area contributed by atoms with Crippen molar-refractivity contribution in [3.8, 4) is 0 Å². The van der Waals surface area contributed by atoms with Crippen molar-refractivity contribution < 1.29 is 18.3 Å². The summed E-state index contributed by atoms with van der Waals surface area (Å²) >= 11 is 0. The molecule has 6 nitrogen and oxygen atoms in total. The molecule has 1 saturated heterocycles. The Labute approximate surface area is 106 Å². The molecule has 1 amide bonds. The average molecular weight is 270 g/mol. The lowest BCUT2D eigenvalue weighted by atomic mass is 10.3. The number of rotatable bonds is 1. The fourth-order valence-corrected chi connectivity index (χ4v) is 3.45. The molecule has 1 heterocycles. The van der Waals surface area contributed by atoms with Crippen LogP contribution < -0.4 is 4.31 Å². The first-order valence-electron chi connectivity index (χ1n) is 5.62. The molecule has 1 N–H and O–H groups in total. The summed E-state index contributed by atoms with van der Waals surface area (Å²) in [5.41, 5.74) is 0.491. The Morgan fingerprint density at radius 2 is 1.72 bits per heavy atom. The van der Waals surface area contributed by atoms with Gasteiger partial charge in [0.05, 0.1) is 5.69 Å². The fraction of sp³-hybridized carbons (Fsp3) is 0.364. The summed E-state index contributed by atoms with van der Waals surface area (Å²) in [5.74, 6) is 0. The zero-order valence-corrected chi connectivity index (χ0v) is 10.5. The van der Waals surface area contributed by atoms with Gasteiger partial charge in [-0.2, -0.15) is 12.7 Å². The van der Waals surface area contributed by atoms with Crippen LogP contribution in [0.25, 0.3) is 0 Å². The maximum Gasteiger partial charge on any atom is 0.422 e. The number of para-hydroxylation sites is 1. The second kappa shape index (κ2) is 4.85. The van der Waals surface area contributed by atoms with E-state index in [0.29, 0.717) is 29.4 Å². The second-order valence-corrected chi connectivity index (χ2v) is 5.75. The molecule has 98 valence electrons. The van der Waals surface area contributed by atoms with E-state index < -0.39 is 16.3 Å². The highest BCUT2D eigenvalue weighted by Gasteiger charge is 2.35. The van der Waals surface area contributed by atoms with Crippen LogP contribution in [-0.4, -0.2) is 37.0 Å². The number of hydrogen-bond acceptors (Lipinski definition) is 3. The van der Waals surface area contributed by atoms with E-state index >= 15 is 0 Å². The van der Waals surface area contributed by atoms with Crippen LogP contribution >= 0.6 is 0 Å². The van der Waals surface area contributed by atoms with Crippen LogP contribution in [0.3, 0.4) is 0 Å². The Morgan fingerprint density at radius 1 is 1.11 bits per heavy atom. The summed E-state index contributed by atoms with van der Waals surface area (Å²) in [6.07, 6.45) is -0.259. The van der Waals surface area contributed by atoms with Crippen LogP contribution in [-0.2, 0) is 10.2 Å². The molecule has 0 bridgehead atoms. The molecule has 0 atom stereocenters. The van der Waals surface area contributed by atoms with Crippen molar-refractivity contribution in [1.82, 2.24) is 4.31 Å². The average Bonchev–Trinajstić information content (AvgIpc) is 2.48. The van der Waals surface area contributed by atoms with Crippen LogP contribution in [0.5, 0.6) is 0 Å². The van der Waals surface area contributed by atoms with Crippen molar-refractivity contribution >= 4 is 22.0 Å². The minimum Gasteiger partial charge on any atom is -0.464 e. The van der Waals surface area contributed by atoms with E-state index in [1.807, 2.05) is 0 Å². The Bertz CT molecular complexity index is 529. The maximum atomic E-state index is 12.2. The third kappa shape index (κ3) is 2.26. The third-order valence-electron chi connectivity index (χ3n) is 2.79. The van der Waals surface area contributed by atoms with Gasteiger partial charge in [-0.3, -0.25) is 4.31 Å². The van der Waals surface area contributed by atoms with Gasteiger partial charge in [0.25, 0.3) is 0 Å². The van der Waals surface area contributed by atoms with Crippen LogP contribution in [0, 0.1) is 0 Å². The maximum absolute atomic E-state index is 12.2. The molecule has 1 aliphatic rings. The van der Waals surface area contributed by atoms with E-state index in [9.17, 15) is 13.2 Å². The molecular weight excluding hydrogens is 256 g/mol. The van der Waals surface area contributed by atoms with E-state index in [1.165, 1.54) is 0 Å². The van der Waals surface area contributed by atoms with Crippen molar-refractivity contribution in [3.63, 3.8) is 0 Å². The molecule has 0 unspecified atom stereocenters. The summed E-state index contributed by atoms with van der Waals surface area (Å²) in [4.78, 5) is 11.0. The van der Waals surface area contributed by atoms with Gasteiger partial charge in [-0.05, 0) is 25.0 Å². The Balaban J connectivity index is 2.43. The van der Waals surface area contributed by atoms with E-state index in [4.69, 9.17) is 5.11 Å². The SMILES string of the molecule is O=C(O)N1CCCCN(c2ccccc2)S1(=O)=O. The highest BCUT2D eigenvalue weighted by Crippen LogP contribution is 2.23. The quantitative estimate of drug-likeness (QED) is 0.839. The molecule has 0 aliphatic carbocycles. The predicted octanol–water partition coefficient (Wildman–Crippen LogP) is 1.51. The van der Waals surface area contributed by atoms with Gasteiger partial charge in [0.2, 0.25) is 0 Å². The van der Waals surface area contributed by atoms with E-state index in [0.717, 1.165) is 4.31 Å². The Hall–Kier alpha value is -1.76. The smallest absolute Gasteiger partial charge is 0.422 e. The number of amides is 1. The number of carboxylic acid groups (broad SMARTS) is 1. The molecule has 1 aromatic rings. The number of carbonyl (C=O) groups is 1. The van der Waals surface area contributed by atoms with E-state index in [2.05, 4.69) is 0 Å². The molecule has 2 rings (SSSR count). The molecule has 0 saturated carbocycles. The monoisotopic (exact) mass is 270 g/mol. The largest absolute Gasteiger partial charge is 0.464 e. The summed E-state index contributed by atoms with van der Waals surface area (Å²) in [7, 11) is -3.99. The third-order valence-corrected chi connectivity index (χ3v) is 4.63. The Morgan fingerprint density at radius 3 is 2.33 bits per heavy atom. The van der Waals surface area contributed by atoms with Crippen LogP contribution in [0.1, 0.15) is 12.8 Å². The summed E-state index contributed by atoms with van der Waals surface area (Å²) in [5, 5.41) is 8.98. The van der Waals surface area contributed by atoms with Gasteiger partial charge < -0.3 is 5.11 Å². The number of benzene rings is 1. The van der Waals surface area contributed by atoms with Gasteiger partial charge in [0, 0.05) is 13.1 Å². The van der Waals surface area contributed by atoms with Gasteiger partial charge in [0.1, 0.15) is 0 Å². The van der Waals surface area contributed by atoms with Crippen LogP contribution in [0.4, 0.5) is 10.5 Å². The summed E-state index contributed by atoms with van der Waals surface area (Å²) in [6, 6.07) is 8.54. The molecular formula is C11H14N2O4S. The zero-order chi connectivity index (χ0) is 13.2. The van der Waals surface area contributed by atoms with Crippen LogP contribution in [0.2, 0.25) is 0 Å². The second-order valence-electron chi connectivity index (χ2n) is 3.98. The first-order chi connectivity index (χ1) is 8.53. The van der Waals surface area contributed by atoms with E-state index in [-0.39, 0.29) is 6.54 Å². The number of nitrogens with zero attached hydrogens (tertiary/aromatic N) is 2. The van der Waals surface area contributed by atoms with Crippen molar-refractivity contribution in [1.29, 1.82) is 0 Å². The molecule has 0 spiro atoms. The molecule has 0 radical (unpaired) electrons. The lowest BCUT2D eigenvalue weighted by Gasteiger charge is -2.26. The van der Waals surface area contributed by atoms with Crippen molar-refractivity contribution in [3.05, 3.63) is 30.3 Å². The first kappa shape index (κ1) is 12.7. The molecule has 1 aliphatic heterocycles. The molecule has 1 aromatic carbocycles. The highest BCUT2D eigenvalue weighted by molar-refractivity contribution is 7.91. The lowest BCUT2D eigenvalue weighted by molar-refractivity contribution is 0.172. The molecule has 18 heavy (non-hydrogen) atoms. The van der Waals surface area contributed by atoms with Gasteiger partial charge in [0.15, 0.2) is 0 Å². The van der Waals surface area contributed by atoms with Gasteiger partial charge in [-0.1, -0.05) is 18.2 Å². The molecule has 7 heteroatoms. The first-order valence-corrected chi connectivity index (χ1v) is 7.01. The fourth-order valence-electron chi connectivity index (χ4n) is 1.91. The lowest BCUT2D eigenvalue weighted by Crippen LogP contribution is -2.45. The topological polar surface area (TPSA) is 77.9 Å². The van der Waals surface area contributed by atoms with Gasteiger partial charge in [-0.25, -0.2) is 4.79 Å². The van der Waals surface area contributed by atoms with Gasteiger partial charge in [-0.15, -0.1) is 0 Å². The van der Waals surface area contributed by atoms with E-state index in [1.54, 1.807) is 30.3 Å². The number of hydrogen-bond donors (Lipinski definition) is 1. The van der Waals surface area contributed by atoms with Crippen molar-refractivity contribution in [2.75, 3.05) is 17.4 Å². The predicted molar refractivity (Wildman–Crippen MR) is 66.7 cm³/mol. The minimum absolute atomic E-state index is 0.0149.